The van der Waals surface area contributed by atoms with Gasteiger partial charge in [0, 0.05) is 30.6 Å². The summed E-state index contributed by atoms with van der Waals surface area (Å²) in [6.07, 6.45) is 3.97. The number of urea groups is 1. The van der Waals surface area contributed by atoms with Gasteiger partial charge in [0.1, 0.15) is 0 Å². The van der Waals surface area contributed by atoms with E-state index in [0.717, 1.165) is 55.8 Å². The van der Waals surface area contributed by atoms with Crippen LogP contribution in [0.1, 0.15) is 42.4 Å². The van der Waals surface area contributed by atoms with Crippen molar-refractivity contribution >= 4 is 6.03 Å². The molecule has 37 heavy (non-hydrogen) atoms. The number of ether oxygens (including phenoxy) is 2. The van der Waals surface area contributed by atoms with Gasteiger partial charge >= 0.3 is 6.03 Å². The Morgan fingerprint density at radius 2 is 1.62 bits per heavy atom. The van der Waals surface area contributed by atoms with Crippen LogP contribution in [0.3, 0.4) is 0 Å². The number of amides is 2. The molecular formula is C31H37N3O3. The highest BCUT2D eigenvalue weighted by Gasteiger charge is 2.51. The van der Waals surface area contributed by atoms with Gasteiger partial charge in [-0.3, -0.25) is 4.90 Å². The highest BCUT2D eigenvalue weighted by Crippen LogP contribution is 2.50. The Morgan fingerprint density at radius 3 is 2.32 bits per heavy atom. The largest absolute Gasteiger partial charge is 0.493 e. The fraction of sp³-hybridized carbons (Fsp3) is 0.387. The molecule has 2 fully saturated rings. The first kappa shape index (κ1) is 25.2. The van der Waals surface area contributed by atoms with Crippen LogP contribution in [0.25, 0.3) is 0 Å². The summed E-state index contributed by atoms with van der Waals surface area (Å²) in [6, 6.07) is 27.5. The third-order valence-electron chi connectivity index (χ3n) is 8.19. The quantitative estimate of drug-likeness (QED) is 0.443. The predicted octanol–water partition coefficient (Wildman–Crippen LogP) is 5.27. The first-order valence-electron chi connectivity index (χ1n) is 13.2. The van der Waals surface area contributed by atoms with Crippen molar-refractivity contribution in [1.82, 2.24) is 15.5 Å². The molecule has 1 saturated carbocycles. The van der Waals surface area contributed by atoms with E-state index in [1.807, 2.05) is 36.4 Å². The van der Waals surface area contributed by atoms with Crippen LogP contribution in [0, 0.1) is 0 Å². The fourth-order valence-corrected chi connectivity index (χ4v) is 6.28. The Kier molecular flexibility index (Phi) is 7.65. The van der Waals surface area contributed by atoms with Gasteiger partial charge in [-0.05, 0) is 61.1 Å². The van der Waals surface area contributed by atoms with Crippen LogP contribution >= 0.6 is 0 Å². The van der Waals surface area contributed by atoms with Crippen LogP contribution in [-0.2, 0) is 18.5 Å². The third kappa shape index (κ3) is 5.44. The Hall–Kier alpha value is -3.51. The van der Waals surface area contributed by atoms with Gasteiger partial charge in [-0.2, -0.15) is 0 Å². The van der Waals surface area contributed by atoms with Crippen molar-refractivity contribution in [2.45, 2.75) is 56.3 Å². The number of nitrogens with zero attached hydrogens (tertiary/aromatic N) is 1. The minimum atomic E-state index is -0.0972. The number of nitrogens with one attached hydrogen (secondary N) is 2. The Balaban J connectivity index is 1.35. The molecule has 3 atom stereocenters. The topological polar surface area (TPSA) is 62.8 Å². The summed E-state index contributed by atoms with van der Waals surface area (Å²) < 4.78 is 11.2. The zero-order valence-corrected chi connectivity index (χ0v) is 21.8. The van der Waals surface area contributed by atoms with Crippen molar-refractivity contribution in [3.63, 3.8) is 0 Å². The van der Waals surface area contributed by atoms with Gasteiger partial charge in [-0.25, -0.2) is 4.79 Å². The van der Waals surface area contributed by atoms with Crippen molar-refractivity contribution < 1.29 is 14.3 Å². The summed E-state index contributed by atoms with van der Waals surface area (Å²) in [5, 5.41) is 6.31. The summed E-state index contributed by atoms with van der Waals surface area (Å²) in [5.74, 6) is 1.53. The molecule has 2 N–H and O–H groups in total. The monoisotopic (exact) mass is 499 g/mol. The zero-order valence-electron chi connectivity index (χ0n) is 21.8. The summed E-state index contributed by atoms with van der Waals surface area (Å²) >= 11 is 0. The number of rotatable bonds is 8. The zero-order chi connectivity index (χ0) is 25.7. The molecule has 1 aliphatic carbocycles. The maximum atomic E-state index is 12.8. The fourth-order valence-electron chi connectivity index (χ4n) is 6.28. The number of benzene rings is 3. The van der Waals surface area contributed by atoms with Gasteiger partial charge in [0.25, 0.3) is 0 Å². The van der Waals surface area contributed by atoms with Crippen LogP contribution in [0.4, 0.5) is 4.79 Å². The summed E-state index contributed by atoms with van der Waals surface area (Å²) in [7, 11) is 3.37. The normalized spacial score (nSPS) is 23.2. The summed E-state index contributed by atoms with van der Waals surface area (Å²) in [4.78, 5) is 15.4. The van der Waals surface area contributed by atoms with Gasteiger partial charge in [-0.15, -0.1) is 0 Å². The number of methoxy groups -OCH3 is 2. The first-order valence-corrected chi connectivity index (χ1v) is 13.2. The van der Waals surface area contributed by atoms with E-state index in [-0.39, 0.29) is 17.5 Å². The number of fused-ring (bicyclic) bond motifs is 1. The van der Waals surface area contributed by atoms with Crippen molar-refractivity contribution in [2.75, 3.05) is 20.8 Å². The molecule has 2 amide bonds. The Morgan fingerprint density at radius 1 is 0.919 bits per heavy atom. The molecule has 3 aromatic rings. The molecule has 6 nitrogen and oxygen atoms in total. The molecule has 5 rings (SSSR count). The van der Waals surface area contributed by atoms with E-state index in [1.165, 1.54) is 11.1 Å². The van der Waals surface area contributed by atoms with E-state index in [4.69, 9.17) is 9.47 Å². The van der Waals surface area contributed by atoms with Crippen LogP contribution in [0.5, 0.6) is 11.5 Å². The lowest BCUT2D eigenvalue weighted by Crippen LogP contribution is -2.53. The molecule has 0 radical (unpaired) electrons. The van der Waals surface area contributed by atoms with Gasteiger partial charge in [0.05, 0.1) is 14.2 Å². The molecule has 1 heterocycles. The van der Waals surface area contributed by atoms with E-state index in [2.05, 4.69) is 58.0 Å². The molecule has 6 heteroatoms. The molecule has 1 saturated heterocycles. The molecule has 194 valence electrons. The first-order chi connectivity index (χ1) is 18.1. The highest BCUT2D eigenvalue weighted by molar-refractivity contribution is 5.74. The van der Waals surface area contributed by atoms with Crippen LogP contribution < -0.4 is 20.1 Å². The summed E-state index contributed by atoms with van der Waals surface area (Å²) in [5.41, 5.74) is 3.74. The van der Waals surface area contributed by atoms with Gasteiger partial charge in [-0.1, -0.05) is 66.7 Å². The summed E-state index contributed by atoms with van der Waals surface area (Å²) in [6.45, 7) is 2.47. The lowest BCUT2D eigenvalue weighted by Gasteiger charge is -2.45. The second kappa shape index (κ2) is 11.3. The second-order valence-electron chi connectivity index (χ2n) is 10.2. The molecule has 0 spiro atoms. The molecule has 3 unspecified atom stereocenters. The molecule has 1 aliphatic heterocycles. The third-order valence-corrected chi connectivity index (χ3v) is 8.19. The average molecular weight is 500 g/mol. The number of carbonyl (C=O) groups is 1. The molecule has 0 aromatic heterocycles. The minimum Gasteiger partial charge on any atom is -0.493 e. The van der Waals surface area contributed by atoms with E-state index in [9.17, 15) is 4.79 Å². The molecule has 3 aromatic carbocycles. The molecule has 2 aliphatic rings. The predicted molar refractivity (Wildman–Crippen MR) is 146 cm³/mol. The van der Waals surface area contributed by atoms with Crippen molar-refractivity contribution in [3.05, 3.63) is 95.6 Å². The number of likely N-dealkylation sites (tertiary alicyclic amines) is 1. The average Bonchev–Trinajstić information content (AvgIpc) is 3.31. The maximum Gasteiger partial charge on any atom is 0.315 e. The van der Waals surface area contributed by atoms with E-state index in [1.54, 1.807) is 14.2 Å². The SMILES string of the molecule is COc1ccc(C23CCC(NC(=O)NCc4ccccc4)CC2N(Cc2ccccc2)CC3)cc1OC. The van der Waals surface area contributed by atoms with E-state index >= 15 is 0 Å². The highest BCUT2D eigenvalue weighted by atomic mass is 16.5. The van der Waals surface area contributed by atoms with Crippen molar-refractivity contribution in [2.24, 2.45) is 0 Å². The molecule has 0 bridgehead atoms. The number of carbonyl (C=O) groups excluding carboxylic acids is 1. The number of hydrogen-bond donors (Lipinski definition) is 2. The Bertz CT molecular complexity index is 1190. The van der Waals surface area contributed by atoms with Crippen LogP contribution in [-0.4, -0.2) is 43.8 Å². The van der Waals surface area contributed by atoms with Crippen molar-refractivity contribution in [3.8, 4) is 11.5 Å². The van der Waals surface area contributed by atoms with Crippen molar-refractivity contribution in [1.29, 1.82) is 0 Å². The van der Waals surface area contributed by atoms with Gasteiger partial charge in [0.15, 0.2) is 11.5 Å². The lowest BCUT2D eigenvalue weighted by atomic mass is 9.65. The Labute approximate surface area is 220 Å². The standard InChI is InChI=1S/C31H37N3O3/c1-36-27-14-13-25(19-28(27)37-2)31-16-15-26(33-30(35)32-21-23-9-5-3-6-10-23)20-29(31)34(18-17-31)22-24-11-7-4-8-12-24/h3-14,19,26,29H,15-18,20-22H2,1-2H3,(H2,32,33,35). The molecular weight excluding hydrogens is 462 g/mol. The second-order valence-corrected chi connectivity index (χ2v) is 10.2. The smallest absolute Gasteiger partial charge is 0.315 e. The maximum absolute atomic E-state index is 12.8. The van der Waals surface area contributed by atoms with E-state index in [0.29, 0.717) is 12.6 Å². The lowest BCUT2D eigenvalue weighted by molar-refractivity contribution is 0.130. The number of hydrogen-bond acceptors (Lipinski definition) is 4. The van der Waals surface area contributed by atoms with E-state index < -0.39 is 0 Å². The van der Waals surface area contributed by atoms with Crippen LogP contribution in [0.2, 0.25) is 0 Å². The van der Waals surface area contributed by atoms with Crippen LogP contribution in [0.15, 0.2) is 78.9 Å². The van der Waals surface area contributed by atoms with Gasteiger partial charge < -0.3 is 20.1 Å². The van der Waals surface area contributed by atoms with Gasteiger partial charge in [0.2, 0.25) is 0 Å². The minimum absolute atomic E-state index is 0.0209.